The van der Waals surface area contributed by atoms with Crippen molar-refractivity contribution in [3.8, 4) is 0 Å². The third-order valence-electron chi connectivity index (χ3n) is 1.16. The molecule has 0 saturated carbocycles. The van der Waals surface area contributed by atoms with E-state index in [2.05, 4.69) is 9.71 Å². The predicted octanol–water partition coefficient (Wildman–Crippen LogP) is 0.0335. The van der Waals surface area contributed by atoms with Gasteiger partial charge >= 0.3 is 0 Å². The monoisotopic (exact) mass is 241 g/mol. The van der Waals surface area contributed by atoms with Crippen molar-refractivity contribution in [1.29, 1.82) is 0 Å². The summed E-state index contributed by atoms with van der Waals surface area (Å²) < 4.78 is 25.3. The van der Waals surface area contributed by atoms with Crippen molar-refractivity contribution in [2.24, 2.45) is 5.73 Å². The molecule has 8 heteroatoms. The van der Waals surface area contributed by atoms with Crippen LogP contribution in [0.25, 0.3) is 0 Å². The molecule has 1 aromatic rings. The molecule has 74 valence electrons. The van der Waals surface area contributed by atoms with Crippen LogP contribution in [0.5, 0.6) is 0 Å². The summed E-state index contributed by atoms with van der Waals surface area (Å²) in [6.07, 6.45) is 1.21. The minimum absolute atomic E-state index is 0.103. The van der Waals surface area contributed by atoms with Crippen LogP contribution in [0, 0.1) is 0 Å². The van der Waals surface area contributed by atoms with Crippen LogP contribution in [0.3, 0.4) is 0 Å². The smallest absolute Gasteiger partial charge is 0.251 e. The Morgan fingerprint density at radius 2 is 2.38 bits per heavy atom. The first-order valence-corrected chi connectivity index (χ1v) is 6.05. The number of hydrogen-bond acceptors (Lipinski definition) is 5. The molecule has 0 radical (unpaired) electrons. The van der Waals surface area contributed by atoms with E-state index in [0.29, 0.717) is 0 Å². The van der Waals surface area contributed by atoms with Gasteiger partial charge in [-0.05, 0) is 0 Å². The SMILES string of the molecule is NCCNS(=O)(=O)c1cnc(Cl)s1. The van der Waals surface area contributed by atoms with Gasteiger partial charge in [0.2, 0.25) is 0 Å². The van der Waals surface area contributed by atoms with Crippen molar-refractivity contribution in [1.82, 2.24) is 9.71 Å². The van der Waals surface area contributed by atoms with Gasteiger partial charge in [-0.25, -0.2) is 18.1 Å². The largest absolute Gasteiger partial charge is 0.329 e. The van der Waals surface area contributed by atoms with Crippen LogP contribution >= 0.6 is 22.9 Å². The van der Waals surface area contributed by atoms with Gasteiger partial charge in [0.15, 0.2) is 8.68 Å². The summed E-state index contributed by atoms with van der Waals surface area (Å²) in [6.45, 7) is 0.462. The van der Waals surface area contributed by atoms with Crippen molar-refractivity contribution in [2.45, 2.75) is 4.21 Å². The maximum atomic E-state index is 11.3. The first-order valence-electron chi connectivity index (χ1n) is 3.37. The molecule has 0 fully saturated rings. The van der Waals surface area contributed by atoms with Gasteiger partial charge in [0.05, 0.1) is 6.20 Å². The molecule has 0 spiro atoms. The molecule has 0 bridgehead atoms. The summed E-state index contributed by atoms with van der Waals surface area (Å²) in [6, 6.07) is 0. The lowest BCUT2D eigenvalue weighted by molar-refractivity contribution is 0.584. The number of nitrogens with two attached hydrogens (primary N) is 1. The molecule has 0 aliphatic rings. The number of thiazole rings is 1. The number of nitrogens with zero attached hydrogens (tertiary/aromatic N) is 1. The molecule has 1 heterocycles. The molecule has 5 nitrogen and oxygen atoms in total. The topological polar surface area (TPSA) is 85.1 Å². The number of nitrogens with one attached hydrogen (secondary N) is 1. The summed E-state index contributed by atoms with van der Waals surface area (Å²) in [5, 5.41) is 0. The molecule has 1 rings (SSSR count). The van der Waals surface area contributed by atoms with Gasteiger partial charge in [-0.1, -0.05) is 22.9 Å². The molecule has 0 aromatic carbocycles. The maximum Gasteiger partial charge on any atom is 0.251 e. The summed E-state index contributed by atoms with van der Waals surface area (Å²) in [5.74, 6) is 0. The van der Waals surface area contributed by atoms with E-state index in [0.717, 1.165) is 11.3 Å². The number of sulfonamides is 1. The Hall–Kier alpha value is -0.210. The quantitative estimate of drug-likeness (QED) is 0.779. The Morgan fingerprint density at radius 1 is 1.69 bits per heavy atom. The summed E-state index contributed by atoms with van der Waals surface area (Å²) in [4.78, 5) is 3.62. The molecule has 0 aliphatic carbocycles. The zero-order valence-electron chi connectivity index (χ0n) is 6.53. The lowest BCUT2D eigenvalue weighted by atomic mass is 10.7. The molecule has 0 aliphatic heterocycles. The highest BCUT2D eigenvalue weighted by atomic mass is 35.5. The molecule has 3 N–H and O–H groups in total. The third kappa shape index (κ3) is 2.89. The van der Waals surface area contributed by atoms with Crippen molar-refractivity contribution in [2.75, 3.05) is 13.1 Å². The van der Waals surface area contributed by atoms with Crippen molar-refractivity contribution in [3.63, 3.8) is 0 Å². The molecule has 0 amide bonds. The van der Waals surface area contributed by atoms with Crippen LogP contribution in [0.1, 0.15) is 0 Å². The van der Waals surface area contributed by atoms with Gasteiger partial charge in [0, 0.05) is 13.1 Å². The number of halogens is 1. The second-order valence-corrected chi connectivity index (χ2v) is 5.73. The van der Waals surface area contributed by atoms with E-state index in [1.165, 1.54) is 6.20 Å². The summed E-state index contributed by atoms with van der Waals surface area (Å²) >= 11 is 6.40. The maximum absolute atomic E-state index is 11.3. The van der Waals surface area contributed by atoms with E-state index >= 15 is 0 Å². The van der Waals surface area contributed by atoms with E-state index in [1.54, 1.807) is 0 Å². The first kappa shape index (κ1) is 10.9. The van der Waals surface area contributed by atoms with E-state index in [4.69, 9.17) is 17.3 Å². The van der Waals surface area contributed by atoms with Crippen molar-refractivity contribution in [3.05, 3.63) is 10.7 Å². The Bertz CT molecular complexity index is 375. The summed E-state index contributed by atoms with van der Waals surface area (Å²) in [7, 11) is -3.46. The second kappa shape index (κ2) is 4.34. The average Bonchev–Trinajstić information content (AvgIpc) is 2.49. The lowest BCUT2D eigenvalue weighted by Crippen LogP contribution is -2.28. The minimum atomic E-state index is -3.46. The highest BCUT2D eigenvalue weighted by molar-refractivity contribution is 7.91. The number of hydrogen-bond donors (Lipinski definition) is 2. The van der Waals surface area contributed by atoms with Crippen LogP contribution in [-0.4, -0.2) is 26.5 Å². The molecule has 0 unspecified atom stereocenters. The van der Waals surface area contributed by atoms with Crippen LogP contribution in [0.4, 0.5) is 0 Å². The molecule has 0 saturated heterocycles. The van der Waals surface area contributed by atoms with Gasteiger partial charge in [-0.3, -0.25) is 0 Å². The average molecular weight is 242 g/mol. The highest BCUT2D eigenvalue weighted by Gasteiger charge is 2.16. The second-order valence-electron chi connectivity index (χ2n) is 2.12. The zero-order valence-corrected chi connectivity index (χ0v) is 8.92. The molecule has 0 atom stereocenters. The number of aromatic nitrogens is 1. The van der Waals surface area contributed by atoms with Crippen LogP contribution in [0.15, 0.2) is 10.4 Å². The number of rotatable bonds is 4. The fraction of sp³-hybridized carbons (Fsp3) is 0.400. The normalized spacial score (nSPS) is 11.8. The van der Waals surface area contributed by atoms with Gasteiger partial charge < -0.3 is 5.73 Å². The Labute approximate surface area is 85.0 Å². The fourth-order valence-corrected chi connectivity index (χ4v) is 3.01. The zero-order chi connectivity index (χ0) is 9.90. The molecule has 1 aromatic heterocycles. The van der Waals surface area contributed by atoms with E-state index in [-0.39, 0.29) is 21.8 Å². The lowest BCUT2D eigenvalue weighted by Gasteiger charge is -2.00. The molecule has 13 heavy (non-hydrogen) atoms. The van der Waals surface area contributed by atoms with Gasteiger partial charge in [-0.15, -0.1) is 0 Å². The Kier molecular flexibility index (Phi) is 3.63. The third-order valence-corrected chi connectivity index (χ3v) is 4.19. The first-order chi connectivity index (χ1) is 6.06. The minimum Gasteiger partial charge on any atom is -0.329 e. The van der Waals surface area contributed by atoms with Crippen LogP contribution in [0.2, 0.25) is 4.47 Å². The van der Waals surface area contributed by atoms with Crippen molar-refractivity contribution >= 4 is 33.0 Å². The Balaban J connectivity index is 2.82. The van der Waals surface area contributed by atoms with E-state index in [1.807, 2.05) is 0 Å². The highest BCUT2D eigenvalue weighted by Crippen LogP contribution is 2.21. The van der Waals surface area contributed by atoms with E-state index in [9.17, 15) is 8.42 Å². The van der Waals surface area contributed by atoms with Crippen LogP contribution < -0.4 is 10.5 Å². The fourth-order valence-electron chi connectivity index (χ4n) is 0.628. The standard InChI is InChI=1S/C5H8ClN3O2S2/c6-5-8-3-4(12-5)13(10,11)9-2-1-7/h3,9H,1-2,7H2. The van der Waals surface area contributed by atoms with E-state index < -0.39 is 10.0 Å². The molecular formula is C5H8ClN3O2S2. The van der Waals surface area contributed by atoms with Crippen LogP contribution in [-0.2, 0) is 10.0 Å². The Morgan fingerprint density at radius 3 is 2.85 bits per heavy atom. The van der Waals surface area contributed by atoms with Gasteiger partial charge in [0.25, 0.3) is 10.0 Å². The van der Waals surface area contributed by atoms with Crippen molar-refractivity contribution < 1.29 is 8.42 Å². The summed E-state index contributed by atoms with van der Waals surface area (Å²) in [5.41, 5.74) is 5.15. The van der Waals surface area contributed by atoms with Gasteiger partial charge in [-0.2, -0.15) is 0 Å². The van der Waals surface area contributed by atoms with Gasteiger partial charge in [0.1, 0.15) is 0 Å². The predicted molar refractivity (Wildman–Crippen MR) is 51.4 cm³/mol. The molecular weight excluding hydrogens is 234 g/mol.